The van der Waals surface area contributed by atoms with Crippen LogP contribution in [0.2, 0.25) is 0 Å². The number of hydrogen-bond acceptors (Lipinski definition) is 10. The summed E-state index contributed by atoms with van der Waals surface area (Å²) in [6, 6.07) is -1.29. The molecule has 0 aliphatic carbocycles. The Hall–Kier alpha value is -4.77. The van der Waals surface area contributed by atoms with E-state index in [1.54, 1.807) is 13.8 Å². The SMILES string of the molecule is CC(C)C[C@H](NO)C(=O)N[C@@H](CC(=O)O)C(=O)N[C@@H](Cc1ccc(O)cc1)C(=O)N[C@@H](CCC(N)=O)C(=O)N[C@@H](C)C(N)=O. The summed E-state index contributed by atoms with van der Waals surface area (Å²) in [5, 5.41) is 37.7. The predicted octanol–water partition coefficient (Wildman–Crippen LogP) is -2.49. The van der Waals surface area contributed by atoms with Gasteiger partial charge in [0.15, 0.2) is 0 Å². The monoisotopic (exact) mass is 623 g/mol. The smallest absolute Gasteiger partial charge is 0.305 e. The zero-order valence-corrected chi connectivity index (χ0v) is 24.7. The summed E-state index contributed by atoms with van der Waals surface area (Å²) < 4.78 is 0. The number of benzene rings is 1. The van der Waals surface area contributed by atoms with E-state index in [2.05, 4.69) is 21.3 Å². The average molecular weight is 624 g/mol. The Labute approximate surface area is 253 Å². The van der Waals surface area contributed by atoms with E-state index in [0.717, 1.165) is 0 Å². The number of phenols is 1. The van der Waals surface area contributed by atoms with Crippen molar-refractivity contribution in [3.63, 3.8) is 0 Å². The number of aromatic hydroxyl groups is 1. The van der Waals surface area contributed by atoms with Gasteiger partial charge in [-0.25, -0.2) is 0 Å². The fourth-order valence-electron chi connectivity index (χ4n) is 3.91. The number of nitrogens with one attached hydrogen (secondary N) is 5. The molecule has 5 atom stereocenters. The molecular weight excluding hydrogens is 582 g/mol. The van der Waals surface area contributed by atoms with Crippen LogP contribution in [0.3, 0.4) is 0 Å². The van der Waals surface area contributed by atoms with Gasteiger partial charge in [-0.1, -0.05) is 26.0 Å². The van der Waals surface area contributed by atoms with E-state index in [4.69, 9.17) is 11.5 Å². The van der Waals surface area contributed by atoms with Crippen LogP contribution in [0.25, 0.3) is 0 Å². The first-order chi connectivity index (χ1) is 20.5. The molecule has 17 heteroatoms. The number of carbonyl (C=O) groups is 7. The lowest BCUT2D eigenvalue weighted by Gasteiger charge is -2.26. The van der Waals surface area contributed by atoms with Crippen LogP contribution in [0.4, 0.5) is 0 Å². The van der Waals surface area contributed by atoms with Crippen LogP contribution in [-0.4, -0.2) is 87.0 Å². The van der Waals surface area contributed by atoms with Gasteiger partial charge in [-0.2, -0.15) is 5.48 Å². The molecule has 0 heterocycles. The maximum Gasteiger partial charge on any atom is 0.305 e. The van der Waals surface area contributed by atoms with Gasteiger partial charge in [-0.05, 0) is 43.4 Å². The maximum atomic E-state index is 13.5. The van der Waals surface area contributed by atoms with Crippen molar-refractivity contribution in [1.29, 1.82) is 0 Å². The first-order valence-electron chi connectivity index (χ1n) is 13.7. The van der Waals surface area contributed by atoms with Crippen LogP contribution in [0.5, 0.6) is 5.75 Å². The number of aliphatic carboxylic acids is 1. The minimum Gasteiger partial charge on any atom is -0.508 e. The number of phenolic OH excluding ortho intramolecular Hbond substituents is 1. The van der Waals surface area contributed by atoms with Gasteiger partial charge in [0.25, 0.3) is 0 Å². The van der Waals surface area contributed by atoms with Gasteiger partial charge in [0, 0.05) is 12.8 Å². The minimum atomic E-state index is -1.68. The first kappa shape index (κ1) is 37.3. The molecule has 0 aliphatic heterocycles. The Bertz CT molecular complexity index is 1190. The summed E-state index contributed by atoms with van der Waals surface area (Å²) in [5.74, 6) is -6.99. The number of rotatable bonds is 19. The third-order valence-corrected chi connectivity index (χ3v) is 6.30. The number of hydroxylamine groups is 1. The summed E-state index contributed by atoms with van der Waals surface area (Å²) in [4.78, 5) is 86.6. The predicted molar refractivity (Wildman–Crippen MR) is 153 cm³/mol. The van der Waals surface area contributed by atoms with E-state index in [9.17, 15) is 49.0 Å². The molecule has 0 aliphatic rings. The van der Waals surface area contributed by atoms with E-state index in [1.807, 2.05) is 5.48 Å². The fraction of sp³-hybridized carbons (Fsp3) is 0.519. The summed E-state index contributed by atoms with van der Waals surface area (Å²) in [6.45, 7) is 4.85. The van der Waals surface area contributed by atoms with Crippen molar-refractivity contribution in [3.05, 3.63) is 29.8 Å². The van der Waals surface area contributed by atoms with Crippen molar-refractivity contribution in [1.82, 2.24) is 26.7 Å². The molecule has 44 heavy (non-hydrogen) atoms. The topological polar surface area (TPSA) is 292 Å². The van der Waals surface area contributed by atoms with E-state index in [1.165, 1.54) is 31.2 Å². The van der Waals surface area contributed by atoms with Crippen LogP contribution in [0.15, 0.2) is 24.3 Å². The molecule has 0 aromatic heterocycles. The van der Waals surface area contributed by atoms with Gasteiger partial charge >= 0.3 is 5.97 Å². The second-order valence-electron chi connectivity index (χ2n) is 10.6. The molecule has 0 bridgehead atoms. The third-order valence-electron chi connectivity index (χ3n) is 6.30. The van der Waals surface area contributed by atoms with Crippen LogP contribution < -0.4 is 38.2 Å². The second kappa shape index (κ2) is 18.0. The average Bonchev–Trinajstić information content (AvgIpc) is 2.93. The number of carboxylic acids is 1. The number of hydrogen-bond donors (Lipinski definition) is 10. The Kier molecular flexibility index (Phi) is 15.3. The van der Waals surface area contributed by atoms with Crippen LogP contribution in [0.1, 0.15) is 52.0 Å². The third kappa shape index (κ3) is 13.5. The Morgan fingerprint density at radius 3 is 1.75 bits per heavy atom. The summed E-state index contributed by atoms with van der Waals surface area (Å²) in [7, 11) is 0. The van der Waals surface area contributed by atoms with Gasteiger partial charge in [0.2, 0.25) is 35.4 Å². The Balaban J connectivity index is 3.32. The van der Waals surface area contributed by atoms with Gasteiger partial charge in [0.05, 0.1) is 6.42 Å². The molecular formula is C27H41N7O10. The van der Waals surface area contributed by atoms with Gasteiger partial charge in [-0.15, -0.1) is 0 Å². The van der Waals surface area contributed by atoms with E-state index >= 15 is 0 Å². The van der Waals surface area contributed by atoms with Gasteiger partial charge in [-0.3, -0.25) is 33.6 Å². The van der Waals surface area contributed by atoms with Crippen molar-refractivity contribution >= 4 is 41.4 Å². The molecule has 0 saturated heterocycles. The van der Waals surface area contributed by atoms with Crippen molar-refractivity contribution in [3.8, 4) is 5.75 Å². The van der Waals surface area contributed by atoms with Crippen LogP contribution in [-0.2, 0) is 40.0 Å². The number of primary amides is 2. The largest absolute Gasteiger partial charge is 0.508 e. The number of carbonyl (C=O) groups excluding carboxylic acids is 6. The molecule has 1 aromatic rings. The number of amides is 6. The zero-order chi connectivity index (χ0) is 33.6. The molecule has 0 unspecified atom stereocenters. The zero-order valence-electron chi connectivity index (χ0n) is 24.7. The minimum absolute atomic E-state index is 0.0544. The number of carboxylic acid groups (broad SMARTS) is 1. The molecule has 0 fully saturated rings. The second-order valence-corrected chi connectivity index (χ2v) is 10.6. The fourth-order valence-corrected chi connectivity index (χ4v) is 3.91. The van der Waals surface area contributed by atoms with Crippen LogP contribution >= 0.6 is 0 Å². The van der Waals surface area contributed by atoms with Crippen molar-refractivity contribution in [2.24, 2.45) is 17.4 Å². The van der Waals surface area contributed by atoms with Crippen molar-refractivity contribution in [2.45, 2.75) is 83.1 Å². The first-order valence-corrected chi connectivity index (χ1v) is 13.7. The van der Waals surface area contributed by atoms with E-state index in [-0.39, 0.29) is 37.4 Å². The number of nitrogens with two attached hydrogens (primary N) is 2. The summed E-state index contributed by atoms with van der Waals surface area (Å²) in [5.41, 5.74) is 12.6. The Morgan fingerprint density at radius 1 is 0.750 bits per heavy atom. The molecule has 1 rings (SSSR count). The molecule has 0 spiro atoms. The molecule has 0 radical (unpaired) electrons. The Morgan fingerprint density at radius 2 is 1.25 bits per heavy atom. The summed E-state index contributed by atoms with van der Waals surface area (Å²) in [6.07, 6.45) is -1.55. The van der Waals surface area contributed by atoms with Crippen molar-refractivity contribution in [2.75, 3.05) is 0 Å². The lowest BCUT2D eigenvalue weighted by molar-refractivity contribution is -0.141. The van der Waals surface area contributed by atoms with Gasteiger partial charge in [0.1, 0.15) is 36.0 Å². The maximum absolute atomic E-state index is 13.5. The quantitative estimate of drug-likeness (QED) is 0.0719. The molecule has 0 saturated carbocycles. The van der Waals surface area contributed by atoms with Crippen molar-refractivity contribution < 1.29 is 49.0 Å². The highest BCUT2D eigenvalue weighted by Gasteiger charge is 2.33. The lowest BCUT2D eigenvalue weighted by atomic mass is 10.0. The van der Waals surface area contributed by atoms with E-state index < -0.39 is 78.0 Å². The molecule has 6 amide bonds. The highest BCUT2D eigenvalue weighted by molar-refractivity contribution is 5.97. The van der Waals surface area contributed by atoms with Crippen LogP contribution in [0, 0.1) is 5.92 Å². The highest BCUT2D eigenvalue weighted by atomic mass is 16.5. The normalized spacial score (nSPS) is 14.3. The van der Waals surface area contributed by atoms with E-state index in [0.29, 0.717) is 5.56 Å². The summed E-state index contributed by atoms with van der Waals surface area (Å²) >= 11 is 0. The molecule has 244 valence electrons. The lowest BCUT2D eigenvalue weighted by Crippen LogP contribution is -2.59. The molecule has 1 aromatic carbocycles. The standard InChI is InChI=1S/C27H41N7O10/c1-13(2)10-20(34-44)27(43)33-19(12-22(37)38)26(42)32-18(11-15-4-6-16(35)7-5-15)25(41)31-17(8-9-21(28)36)24(40)30-14(3)23(29)39/h4-7,13-14,17-20,34-35,44H,8-12H2,1-3H3,(H2,28,36)(H2,29,39)(H,30,40)(H,31,41)(H,32,42)(H,33,43)(H,37,38)/t14-,17-,18-,19-,20-/m0/s1. The molecule has 12 N–H and O–H groups in total. The highest BCUT2D eigenvalue weighted by Crippen LogP contribution is 2.13. The van der Waals surface area contributed by atoms with Gasteiger partial charge < -0.3 is 48.2 Å². The molecule has 17 nitrogen and oxygen atoms in total.